The van der Waals surface area contributed by atoms with Crippen molar-refractivity contribution in [3.05, 3.63) is 33.8 Å². The highest BCUT2D eigenvalue weighted by molar-refractivity contribution is 9.10. The fourth-order valence-corrected chi connectivity index (χ4v) is 1.59. The highest BCUT2D eigenvalue weighted by Gasteiger charge is 2.02. The zero-order valence-electron chi connectivity index (χ0n) is 10.6. The van der Waals surface area contributed by atoms with E-state index in [-0.39, 0.29) is 10.3 Å². The van der Waals surface area contributed by atoms with E-state index in [1.807, 2.05) is 0 Å². The monoisotopic (exact) mass is 356 g/mol. The van der Waals surface area contributed by atoms with Crippen molar-refractivity contribution in [3.8, 4) is 0 Å². The van der Waals surface area contributed by atoms with Crippen molar-refractivity contribution < 1.29 is 10.4 Å². The molecule has 0 heterocycles. The van der Waals surface area contributed by atoms with Crippen LogP contribution in [0.3, 0.4) is 0 Å². The van der Waals surface area contributed by atoms with Crippen molar-refractivity contribution in [2.75, 3.05) is 0 Å². The van der Waals surface area contributed by atoms with Crippen LogP contribution >= 0.6 is 15.9 Å². The first-order valence-corrected chi connectivity index (χ1v) is 6.14. The predicted octanol–water partition coefficient (Wildman–Crippen LogP) is 0.286. The minimum atomic E-state index is -0.613. The maximum atomic E-state index is 9.11. The van der Waals surface area contributed by atoms with Crippen LogP contribution in [0, 0.1) is 10.8 Å². The Hall–Kier alpha value is -2.50. The Bertz CT molecular complexity index is 603. The molecule has 1 rings (SSSR count). The van der Waals surface area contributed by atoms with Gasteiger partial charge in [-0.2, -0.15) is 10.2 Å². The third-order valence-corrected chi connectivity index (χ3v) is 2.76. The number of nitrogens with one attached hydrogen (secondary N) is 2. The fourth-order valence-electron chi connectivity index (χ4n) is 1.09. The highest BCUT2D eigenvalue weighted by Crippen LogP contribution is 2.16. The molecule has 0 aliphatic carbocycles. The van der Waals surface area contributed by atoms with Gasteiger partial charge in [-0.15, -0.1) is 10.3 Å². The van der Waals surface area contributed by atoms with Gasteiger partial charge < -0.3 is 11.5 Å². The van der Waals surface area contributed by atoms with Gasteiger partial charge in [-0.3, -0.25) is 21.2 Å². The zero-order valence-corrected chi connectivity index (χ0v) is 12.2. The first-order chi connectivity index (χ1) is 9.81. The summed E-state index contributed by atoms with van der Waals surface area (Å²) >= 11 is 3.29. The number of rotatable bonds is 4. The maximum absolute atomic E-state index is 9.11. The molecule has 0 saturated heterocycles. The van der Waals surface area contributed by atoms with Gasteiger partial charge in [0.25, 0.3) is 0 Å². The first-order valence-electron chi connectivity index (χ1n) is 5.35. The van der Waals surface area contributed by atoms with E-state index in [0.717, 1.165) is 0 Å². The summed E-state index contributed by atoms with van der Waals surface area (Å²) in [6, 6.07) is 4.96. The summed E-state index contributed by atoms with van der Waals surface area (Å²) in [4.78, 5) is 0. The molecule has 21 heavy (non-hydrogen) atoms. The molecule has 0 aliphatic rings. The van der Waals surface area contributed by atoms with E-state index in [2.05, 4.69) is 26.1 Å². The van der Waals surface area contributed by atoms with E-state index < -0.39 is 11.9 Å². The summed E-state index contributed by atoms with van der Waals surface area (Å²) < 4.78 is 0.625. The van der Waals surface area contributed by atoms with Gasteiger partial charge in [0.2, 0.25) is 11.9 Å². The third-order valence-electron chi connectivity index (χ3n) is 2.08. The van der Waals surface area contributed by atoms with Crippen LogP contribution in [-0.2, 0) is 0 Å². The van der Waals surface area contributed by atoms with Crippen LogP contribution < -0.4 is 11.5 Å². The molecule has 0 saturated carbocycles. The third kappa shape index (κ3) is 5.18. The Morgan fingerprint density at radius 1 is 1.10 bits per heavy atom. The molecule has 8 N–H and O–H groups in total. The minimum Gasteiger partial charge on any atom is -0.367 e. The predicted molar refractivity (Wildman–Crippen MR) is 80.4 cm³/mol. The van der Waals surface area contributed by atoms with Gasteiger partial charge >= 0.3 is 0 Å². The highest BCUT2D eigenvalue weighted by atomic mass is 79.9. The number of hydrazone groups is 2. The second-order valence-electron chi connectivity index (χ2n) is 3.62. The summed E-state index contributed by atoms with van der Waals surface area (Å²) in [5.41, 5.74) is 11.3. The van der Waals surface area contributed by atoms with Gasteiger partial charge in [0, 0.05) is 10.0 Å². The van der Waals surface area contributed by atoms with E-state index in [9.17, 15) is 0 Å². The summed E-state index contributed by atoms with van der Waals surface area (Å²) in [7, 11) is 0. The van der Waals surface area contributed by atoms with E-state index >= 15 is 0 Å². The quantitative estimate of drug-likeness (QED) is 0.257. The molecule has 11 heteroatoms. The van der Waals surface area contributed by atoms with Crippen molar-refractivity contribution in [1.29, 1.82) is 10.8 Å². The van der Waals surface area contributed by atoms with E-state index in [1.165, 1.54) is 12.4 Å². The van der Waals surface area contributed by atoms with Crippen LogP contribution in [0.2, 0.25) is 0 Å². The number of hydrogen-bond acceptors (Lipinski definition) is 6. The molecule has 0 atom stereocenters. The van der Waals surface area contributed by atoms with Crippen LogP contribution in [0.25, 0.3) is 0 Å². The number of hydrogen-bond donors (Lipinski definition) is 6. The lowest BCUT2D eigenvalue weighted by Gasteiger charge is -2.07. The molecule has 0 aromatic heterocycles. The van der Waals surface area contributed by atoms with E-state index in [4.69, 9.17) is 32.7 Å². The number of guanidine groups is 2. The minimum absolute atomic E-state index is 0.221. The van der Waals surface area contributed by atoms with E-state index in [0.29, 0.717) is 15.6 Å². The molecule has 0 unspecified atom stereocenters. The maximum Gasteiger partial charge on any atom is 0.236 e. The normalized spacial score (nSPS) is 11.0. The van der Waals surface area contributed by atoms with Crippen LogP contribution in [0.4, 0.5) is 0 Å². The van der Waals surface area contributed by atoms with Gasteiger partial charge in [0.15, 0.2) is 0 Å². The fraction of sp³-hybridized carbons (Fsp3) is 0. The van der Waals surface area contributed by atoms with Crippen molar-refractivity contribution in [2.24, 2.45) is 21.7 Å². The molecule has 112 valence electrons. The SMILES string of the molecule is N=C(N)N(O)N=Cc1ccc(C=NN(O)C(=N)N)c(Br)c1. The summed E-state index contributed by atoms with van der Waals surface area (Å²) in [6.45, 7) is 0. The Balaban J connectivity index is 2.86. The number of benzene rings is 1. The molecule has 10 nitrogen and oxygen atoms in total. The number of hydroxylamine groups is 2. The average Bonchev–Trinajstić information content (AvgIpc) is 2.42. The van der Waals surface area contributed by atoms with E-state index in [1.54, 1.807) is 18.2 Å². The second kappa shape index (κ2) is 7.33. The molecule has 0 radical (unpaired) electrons. The van der Waals surface area contributed by atoms with Crippen molar-refractivity contribution in [2.45, 2.75) is 0 Å². The van der Waals surface area contributed by atoms with Gasteiger partial charge in [-0.1, -0.05) is 28.1 Å². The molecule has 0 aliphatic heterocycles. The second-order valence-corrected chi connectivity index (χ2v) is 4.47. The van der Waals surface area contributed by atoms with Crippen molar-refractivity contribution in [1.82, 2.24) is 10.3 Å². The molecule has 1 aromatic rings. The molecule has 0 spiro atoms. The molecular weight excluding hydrogens is 344 g/mol. The van der Waals surface area contributed by atoms with Crippen molar-refractivity contribution in [3.63, 3.8) is 0 Å². The largest absolute Gasteiger partial charge is 0.367 e. The molecule has 0 amide bonds. The first kappa shape index (κ1) is 16.6. The summed E-state index contributed by atoms with van der Waals surface area (Å²) in [6.07, 6.45) is 2.58. The Labute approximate surface area is 128 Å². The number of nitrogens with two attached hydrogens (primary N) is 2. The Morgan fingerprint density at radius 3 is 2.10 bits per heavy atom. The van der Waals surface area contributed by atoms with Gasteiger partial charge in [0.1, 0.15) is 0 Å². The molecule has 0 bridgehead atoms. The average molecular weight is 357 g/mol. The lowest BCUT2D eigenvalue weighted by Crippen LogP contribution is -2.29. The zero-order chi connectivity index (χ0) is 16.0. The van der Waals surface area contributed by atoms with Gasteiger partial charge in [-0.05, 0) is 11.6 Å². The summed E-state index contributed by atoms with van der Waals surface area (Å²) in [5.74, 6) is -1.22. The molecular formula is C10H13BrN8O2. The topological polar surface area (TPSA) is 171 Å². The molecule has 1 aromatic carbocycles. The van der Waals surface area contributed by atoms with Crippen molar-refractivity contribution >= 4 is 40.3 Å². The lowest BCUT2D eigenvalue weighted by molar-refractivity contribution is -0.0141. The smallest absolute Gasteiger partial charge is 0.236 e. The van der Waals surface area contributed by atoms with Crippen LogP contribution in [0.15, 0.2) is 32.9 Å². The standard InChI is InChI=1S/C10H13BrN8O2/c11-8-3-6(4-16-18(20)9(12)13)1-2-7(8)5-17-19(21)10(14)15/h1-5,20-21H,(H3,12,13)(H3,14,15). The van der Waals surface area contributed by atoms with Crippen LogP contribution in [0.5, 0.6) is 0 Å². The summed E-state index contributed by atoms with van der Waals surface area (Å²) in [5, 5.41) is 39.6. The number of nitrogens with zero attached hydrogens (tertiary/aromatic N) is 4. The van der Waals surface area contributed by atoms with Gasteiger partial charge in [0.05, 0.1) is 12.4 Å². The lowest BCUT2D eigenvalue weighted by atomic mass is 10.2. The number of halogens is 1. The van der Waals surface area contributed by atoms with Crippen LogP contribution in [-0.4, -0.2) is 45.1 Å². The van der Waals surface area contributed by atoms with Crippen LogP contribution in [0.1, 0.15) is 11.1 Å². The molecule has 0 fully saturated rings. The van der Waals surface area contributed by atoms with Gasteiger partial charge in [-0.25, -0.2) is 0 Å². The Morgan fingerprint density at radius 2 is 1.62 bits per heavy atom. The Kier molecular flexibility index (Phi) is 5.78.